The second kappa shape index (κ2) is 9.44. The molecule has 0 N–H and O–H groups in total. The van der Waals surface area contributed by atoms with Crippen molar-refractivity contribution in [2.24, 2.45) is 0 Å². The maximum atomic E-state index is 13.1. The number of nitrogens with zero attached hydrogens (tertiary/aromatic N) is 3. The Labute approximate surface area is 176 Å². The number of halogens is 1. The number of carbonyl (C=O) groups excluding carboxylic acids is 1. The molecule has 0 saturated carbocycles. The van der Waals surface area contributed by atoms with Crippen LogP contribution < -0.4 is 9.64 Å². The van der Waals surface area contributed by atoms with Gasteiger partial charge in [0.15, 0.2) is 0 Å². The van der Waals surface area contributed by atoms with Crippen molar-refractivity contribution in [3.63, 3.8) is 0 Å². The van der Waals surface area contributed by atoms with E-state index in [1.165, 1.54) is 35.7 Å². The molecule has 0 bridgehead atoms. The molecular formula is C21H26FN3O4S. The third kappa shape index (κ3) is 4.91. The molecule has 1 amide bonds. The van der Waals surface area contributed by atoms with Gasteiger partial charge in [-0.05, 0) is 48.5 Å². The zero-order chi connectivity index (χ0) is 21.7. The van der Waals surface area contributed by atoms with E-state index in [9.17, 15) is 17.6 Å². The summed E-state index contributed by atoms with van der Waals surface area (Å²) in [5.74, 6) is 0.0464. The molecule has 162 valence electrons. The Kier molecular flexibility index (Phi) is 6.94. The van der Waals surface area contributed by atoms with Crippen molar-refractivity contribution in [2.75, 3.05) is 51.3 Å². The molecule has 0 aromatic heterocycles. The van der Waals surface area contributed by atoms with Crippen molar-refractivity contribution < 1.29 is 22.3 Å². The van der Waals surface area contributed by atoms with Crippen molar-refractivity contribution in [1.29, 1.82) is 0 Å². The SMILES string of the molecule is CCN(CC(=O)N1CCN(c2ccc(F)cc2)CC1)S(=O)(=O)c1ccc(OC)cc1. The molecule has 9 heteroatoms. The Morgan fingerprint density at radius 2 is 1.63 bits per heavy atom. The van der Waals surface area contributed by atoms with Crippen molar-refractivity contribution in [1.82, 2.24) is 9.21 Å². The van der Waals surface area contributed by atoms with Gasteiger partial charge in [-0.1, -0.05) is 6.92 Å². The summed E-state index contributed by atoms with van der Waals surface area (Å²) in [7, 11) is -2.27. The number of methoxy groups -OCH3 is 1. The van der Waals surface area contributed by atoms with Crippen molar-refractivity contribution >= 4 is 21.6 Å². The standard InChI is InChI=1S/C21H26FN3O4S/c1-3-25(30(27,28)20-10-8-19(29-2)9-11-20)16-21(26)24-14-12-23(13-15-24)18-6-4-17(22)5-7-18/h4-11H,3,12-16H2,1-2H3. The molecule has 1 aliphatic rings. The number of likely N-dealkylation sites (N-methyl/N-ethyl adjacent to an activating group) is 1. The maximum Gasteiger partial charge on any atom is 0.243 e. The number of hydrogen-bond acceptors (Lipinski definition) is 5. The third-order valence-electron chi connectivity index (χ3n) is 5.19. The van der Waals surface area contributed by atoms with Crippen LogP contribution in [0.5, 0.6) is 5.75 Å². The van der Waals surface area contributed by atoms with Gasteiger partial charge in [0.05, 0.1) is 18.6 Å². The summed E-state index contributed by atoms with van der Waals surface area (Å²) >= 11 is 0. The minimum absolute atomic E-state index is 0.124. The molecule has 0 spiro atoms. The molecule has 30 heavy (non-hydrogen) atoms. The summed E-state index contributed by atoms with van der Waals surface area (Å²) in [5, 5.41) is 0. The fourth-order valence-corrected chi connectivity index (χ4v) is 4.78. The number of carbonyl (C=O) groups is 1. The lowest BCUT2D eigenvalue weighted by atomic mass is 10.2. The highest BCUT2D eigenvalue weighted by Crippen LogP contribution is 2.20. The maximum absolute atomic E-state index is 13.1. The van der Waals surface area contributed by atoms with E-state index in [-0.39, 0.29) is 29.7 Å². The lowest BCUT2D eigenvalue weighted by Gasteiger charge is -2.36. The summed E-state index contributed by atoms with van der Waals surface area (Å²) in [6.07, 6.45) is 0. The number of hydrogen-bond donors (Lipinski definition) is 0. The first-order valence-corrected chi connectivity index (χ1v) is 11.2. The number of benzene rings is 2. The van der Waals surface area contributed by atoms with Crippen LogP contribution in [0.25, 0.3) is 0 Å². The number of piperazine rings is 1. The molecular weight excluding hydrogens is 409 g/mol. The highest BCUT2D eigenvalue weighted by molar-refractivity contribution is 7.89. The average molecular weight is 436 g/mol. The van der Waals surface area contributed by atoms with Crippen molar-refractivity contribution in [3.8, 4) is 5.75 Å². The number of sulfonamides is 1. The lowest BCUT2D eigenvalue weighted by molar-refractivity contribution is -0.131. The first-order chi connectivity index (χ1) is 14.3. The molecule has 2 aromatic rings. The number of amides is 1. The zero-order valence-electron chi connectivity index (χ0n) is 17.1. The van der Waals surface area contributed by atoms with Gasteiger partial charge in [0, 0.05) is 38.4 Å². The number of rotatable bonds is 7. The van der Waals surface area contributed by atoms with Crippen LogP contribution in [0.1, 0.15) is 6.92 Å². The molecule has 1 fully saturated rings. The molecule has 2 aromatic carbocycles. The monoisotopic (exact) mass is 435 g/mol. The number of ether oxygens (including phenoxy) is 1. The zero-order valence-corrected chi connectivity index (χ0v) is 17.9. The van der Waals surface area contributed by atoms with E-state index in [1.54, 1.807) is 36.1 Å². The third-order valence-corrected chi connectivity index (χ3v) is 7.12. The average Bonchev–Trinajstić information content (AvgIpc) is 2.77. The molecule has 0 unspecified atom stereocenters. The van der Waals surface area contributed by atoms with Crippen LogP contribution in [0, 0.1) is 5.82 Å². The van der Waals surface area contributed by atoms with Crippen LogP contribution >= 0.6 is 0 Å². The predicted octanol–water partition coefficient (Wildman–Crippen LogP) is 2.19. The second-order valence-electron chi connectivity index (χ2n) is 6.95. The Morgan fingerprint density at radius 1 is 1.03 bits per heavy atom. The topological polar surface area (TPSA) is 70.2 Å². The quantitative estimate of drug-likeness (QED) is 0.667. The van der Waals surface area contributed by atoms with Gasteiger partial charge in [-0.2, -0.15) is 4.31 Å². The van der Waals surface area contributed by atoms with Crippen LogP contribution in [-0.2, 0) is 14.8 Å². The normalized spacial score (nSPS) is 14.8. The van der Waals surface area contributed by atoms with E-state index in [4.69, 9.17) is 4.74 Å². The van der Waals surface area contributed by atoms with Crippen LogP contribution in [-0.4, -0.2) is 69.9 Å². The second-order valence-corrected chi connectivity index (χ2v) is 8.89. The van der Waals surface area contributed by atoms with Gasteiger partial charge in [0.25, 0.3) is 0 Å². The minimum atomic E-state index is -3.78. The Bertz CT molecular complexity index is 957. The van der Waals surface area contributed by atoms with E-state index < -0.39 is 10.0 Å². The molecule has 1 heterocycles. The predicted molar refractivity (Wildman–Crippen MR) is 113 cm³/mol. The van der Waals surface area contributed by atoms with E-state index in [0.29, 0.717) is 31.9 Å². The van der Waals surface area contributed by atoms with Gasteiger partial charge in [0.2, 0.25) is 15.9 Å². The smallest absolute Gasteiger partial charge is 0.243 e. The first-order valence-electron chi connectivity index (χ1n) is 9.77. The van der Waals surface area contributed by atoms with Gasteiger partial charge in [-0.3, -0.25) is 4.79 Å². The van der Waals surface area contributed by atoms with Crippen LogP contribution in [0.15, 0.2) is 53.4 Å². The van der Waals surface area contributed by atoms with E-state index in [0.717, 1.165) is 5.69 Å². The van der Waals surface area contributed by atoms with Crippen molar-refractivity contribution in [2.45, 2.75) is 11.8 Å². The highest BCUT2D eigenvalue weighted by Gasteiger charge is 2.29. The van der Waals surface area contributed by atoms with Crippen LogP contribution in [0.3, 0.4) is 0 Å². The summed E-state index contributed by atoms with van der Waals surface area (Å²) in [5.41, 5.74) is 0.903. The molecule has 1 saturated heterocycles. The van der Waals surface area contributed by atoms with Gasteiger partial charge in [-0.15, -0.1) is 0 Å². The first kappa shape index (κ1) is 22.0. The van der Waals surface area contributed by atoms with E-state index in [1.807, 2.05) is 0 Å². The minimum Gasteiger partial charge on any atom is -0.497 e. The molecule has 0 aliphatic carbocycles. The summed E-state index contributed by atoms with van der Waals surface area (Å²) < 4.78 is 45.2. The summed E-state index contributed by atoms with van der Waals surface area (Å²) in [6, 6.07) is 12.4. The van der Waals surface area contributed by atoms with Crippen LogP contribution in [0.4, 0.5) is 10.1 Å². The molecule has 0 radical (unpaired) electrons. The van der Waals surface area contributed by atoms with Gasteiger partial charge >= 0.3 is 0 Å². The fourth-order valence-electron chi connectivity index (χ4n) is 3.38. The fraction of sp³-hybridized carbons (Fsp3) is 0.381. The van der Waals surface area contributed by atoms with Gasteiger partial charge < -0.3 is 14.5 Å². The van der Waals surface area contributed by atoms with E-state index >= 15 is 0 Å². The molecule has 7 nitrogen and oxygen atoms in total. The highest BCUT2D eigenvalue weighted by atomic mass is 32.2. The Hall–Kier alpha value is -2.65. The van der Waals surface area contributed by atoms with Crippen molar-refractivity contribution in [3.05, 3.63) is 54.3 Å². The van der Waals surface area contributed by atoms with E-state index in [2.05, 4.69) is 4.90 Å². The molecule has 0 atom stereocenters. The molecule has 3 rings (SSSR count). The summed E-state index contributed by atoms with van der Waals surface area (Å²) in [4.78, 5) is 16.6. The van der Waals surface area contributed by atoms with Gasteiger partial charge in [0.1, 0.15) is 11.6 Å². The lowest BCUT2D eigenvalue weighted by Crippen LogP contribution is -2.51. The number of anilines is 1. The van der Waals surface area contributed by atoms with Crippen LogP contribution in [0.2, 0.25) is 0 Å². The molecule has 1 aliphatic heterocycles. The Morgan fingerprint density at radius 3 is 2.17 bits per heavy atom. The summed E-state index contributed by atoms with van der Waals surface area (Å²) in [6.45, 7) is 3.87. The largest absolute Gasteiger partial charge is 0.497 e. The Balaban J connectivity index is 1.61. The van der Waals surface area contributed by atoms with Gasteiger partial charge in [-0.25, -0.2) is 12.8 Å².